The van der Waals surface area contributed by atoms with Crippen molar-refractivity contribution in [1.29, 1.82) is 0 Å². The normalized spacial score (nSPS) is 10.4. The Morgan fingerprint density at radius 2 is 2.00 bits per heavy atom. The Morgan fingerprint density at radius 3 is 2.55 bits per heavy atom. The molecule has 7 nitrogen and oxygen atoms in total. The van der Waals surface area contributed by atoms with Gasteiger partial charge in [0.1, 0.15) is 17.9 Å². The highest BCUT2D eigenvalue weighted by Crippen LogP contribution is 2.19. The first-order valence-electron chi connectivity index (χ1n) is 5.60. The van der Waals surface area contributed by atoms with Gasteiger partial charge < -0.3 is 19.5 Å². The van der Waals surface area contributed by atoms with Gasteiger partial charge in [0.2, 0.25) is 5.43 Å². The summed E-state index contributed by atoms with van der Waals surface area (Å²) in [5.41, 5.74) is -0.817. The first-order valence-corrected chi connectivity index (χ1v) is 5.60. The molecular weight excluding hydrogens is 266 g/mol. The van der Waals surface area contributed by atoms with Crippen LogP contribution in [0.15, 0.2) is 29.2 Å². The van der Waals surface area contributed by atoms with Crippen LogP contribution in [0.1, 0.15) is 10.4 Å². The Hall–Kier alpha value is -2.83. The number of carboxylic acid groups (broad SMARTS) is 2. The predicted octanol–water partition coefficient (Wildman–Crippen LogP) is 0.793. The standard InChI is InChI=1S/C13H11NO6/c1-20-7-2-3-8-10(4-7)14(6-11(15)16)5-9(12(8)17)13(18)19/h2-5H,6H2,1H3,(H,15,16)(H,18,19). The lowest BCUT2D eigenvalue weighted by molar-refractivity contribution is -0.137. The zero-order chi connectivity index (χ0) is 14.9. The molecule has 0 amide bonds. The summed E-state index contributed by atoms with van der Waals surface area (Å²) in [7, 11) is 1.44. The summed E-state index contributed by atoms with van der Waals surface area (Å²) >= 11 is 0. The summed E-state index contributed by atoms with van der Waals surface area (Å²) in [6, 6.07) is 4.42. The third kappa shape index (κ3) is 2.33. The number of aliphatic carboxylic acids is 1. The second kappa shape index (κ2) is 5.04. The molecule has 2 rings (SSSR count). The number of hydrogen-bond acceptors (Lipinski definition) is 4. The minimum atomic E-state index is -1.40. The molecule has 1 aromatic carbocycles. The number of methoxy groups -OCH3 is 1. The lowest BCUT2D eigenvalue weighted by atomic mass is 10.1. The maximum absolute atomic E-state index is 12.0. The van der Waals surface area contributed by atoms with Gasteiger partial charge in [-0.3, -0.25) is 9.59 Å². The van der Waals surface area contributed by atoms with Crippen LogP contribution >= 0.6 is 0 Å². The van der Waals surface area contributed by atoms with E-state index in [1.165, 1.54) is 29.9 Å². The Labute approximate surface area is 112 Å². The zero-order valence-corrected chi connectivity index (χ0v) is 10.5. The Bertz CT molecular complexity index is 761. The Kier molecular flexibility index (Phi) is 3.43. The molecule has 0 aliphatic carbocycles. The van der Waals surface area contributed by atoms with E-state index in [9.17, 15) is 14.4 Å². The summed E-state index contributed by atoms with van der Waals surface area (Å²) in [6.07, 6.45) is 1.03. The van der Waals surface area contributed by atoms with E-state index in [-0.39, 0.29) is 5.39 Å². The molecule has 0 saturated carbocycles. The summed E-state index contributed by atoms with van der Waals surface area (Å²) < 4.78 is 6.22. The van der Waals surface area contributed by atoms with Gasteiger partial charge in [-0.05, 0) is 12.1 Å². The SMILES string of the molecule is COc1ccc2c(=O)c(C(=O)O)cn(CC(=O)O)c2c1. The molecule has 0 atom stereocenters. The quantitative estimate of drug-likeness (QED) is 0.856. The van der Waals surface area contributed by atoms with Crippen molar-refractivity contribution in [3.8, 4) is 5.75 Å². The monoisotopic (exact) mass is 277 g/mol. The van der Waals surface area contributed by atoms with Crippen molar-refractivity contribution in [3.63, 3.8) is 0 Å². The lowest BCUT2D eigenvalue weighted by Crippen LogP contribution is -2.20. The maximum atomic E-state index is 12.0. The van der Waals surface area contributed by atoms with Crippen molar-refractivity contribution in [2.24, 2.45) is 0 Å². The summed E-state index contributed by atoms with van der Waals surface area (Å²) in [5.74, 6) is -2.10. The molecule has 1 heterocycles. The number of carboxylic acids is 2. The average Bonchev–Trinajstić information content (AvgIpc) is 2.40. The van der Waals surface area contributed by atoms with Gasteiger partial charge in [0, 0.05) is 17.6 Å². The molecule has 104 valence electrons. The number of nitrogens with zero attached hydrogens (tertiary/aromatic N) is 1. The lowest BCUT2D eigenvalue weighted by Gasteiger charge is -2.11. The molecule has 7 heteroatoms. The summed E-state index contributed by atoms with van der Waals surface area (Å²) in [4.78, 5) is 33.9. The molecule has 0 radical (unpaired) electrons. The zero-order valence-electron chi connectivity index (χ0n) is 10.5. The van der Waals surface area contributed by atoms with Crippen molar-refractivity contribution < 1.29 is 24.5 Å². The van der Waals surface area contributed by atoms with E-state index in [1.54, 1.807) is 0 Å². The van der Waals surface area contributed by atoms with Gasteiger partial charge in [0.25, 0.3) is 0 Å². The highest BCUT2D eigenvalue weighted by Gasteiger charge is 2.16. The van der Waals surface area contributed by atoms with Crippen LogP contribution < -0.4 is 10.2 Å². The van der Waals surface area contributed by atoms with Gasteiger partial charge in [-0.25, -0.2) is 4.79 Å². The van der Waals surface area contributed by atoms with Crippen LogP contribution in [0.3, 0.4) is 0 Å². The summed E-state index contributed by atoms with van der Waals surface area (Å²) in [6.45, 7) is -0.454. The van der Waals surface area contributed by atoms with Crippen molar-refractivity contribution in [2.75, 3.05) is 7.11 Å². The van der Waals surface area contributed by atoms with Crippen molar-refractivity contribution >= 4 is 22.8 Å². The Morgan fingerprint density at radius 1 is 1.30 bits per heavy atom. The van der Waals surface area contributed by atoms with Crippen LogP contribution in [0.5, 0.6) is 5.75 Å². The highest BCUT2D eigenvalue weighted by atomic mass is 16.5. The molecule has 0 unspecified atom stereocenters. The van der Waals surface area contributed by atoms with Crippen molar-refractivity contribution in [3.05, 3.63) is 40.2 Å². The molecule has 0 fully saturated rings. The van der Waals surface area contributed by atoms with Crippen LogP contribution in [-0.4, -0.2) is 33.8 Å². The van der Waals surface area contributed by atoms with Crippen LogP contribution in [0, 0.1) is 0 Å². The predicted molar refractivity (Wildman–Crippen MR) is 69.4 cm³/mol. The molecule has 0 aliphatic rings. The first kappa shape index (κ1) is 13.6. The summed E-state index contributed by atoms with van der Waals surface area (Å²) in [5, 5.41) is 18.0. The first-order chi connectivity index (χ1) is 9.43. The molecule has 2 aromatic rings. The van der Waals surface area contributed by atoms with E-state index < -0.39 is 29.5 Å². The Balaban J connectivity index is 2.84. The number of aromatic carboxylic acids is 1. The van der Waals surface area contributed by atoms with Crippen molar-refractivity contribution in [1.82, 2.24) is 4.57 Å². The fourth-order valence-electron chi connectivity index (χ4n) is 1.93. The average molecular weight is 277 g/mol. The van der Waals surface area contributed by atoms with Gasteiger partial charge in [-0.2, -0.15) is 0 Å². The smallest absolute Gasteiger partial charge is 0.341 e. The van der Waals surface area contributed by atoms with Crippen LogP contribution in [0.25, 0.3) is 10.9 Å². The number of ether oxygens (including phenoxy) is 1. The van der Waals surface area contributed by atoms with E-state index >= 15 is 0 Å². The highest BCUT2D eigenvalue weighted by molar-refractivity contribution is 5.93. The molecule has 20 heavy (non-hydrogen) atoms. The fraction of sp³-hybridized carbons (Fsp3) is 0.154. The molecular formula is C13H11NO6. The third-order valence-corrected chi connectivity index (χ3v) is 2.82. The molecule has 0 aliphatic heterocycles. The van der Waals surface area contributed by atoms with Crippen LogP contribution in [-0.2, 0) is 11.3 Å². The largest absolute Gasteiger partial charge is 0.497 e. The molecule has 0 bridgehead atoms. The number of hydrogen-bond donors (Lipinski definition) is 2. The topological polar surface area (TPSA) is 106 Å². The molecule has 1 aromatic heterocycles. The van der Waals surface area contributed by atoms with E-state index in [0.717, 1.165) is 6.20 Å². The van der Waals surface area contributed by atoms with Crippen LogP contribution in [0.4, 0.5) is 0 Å². The number of fused-ring (bicyclic) bond motifs is 1. The van der Waals surface area contributed by atoms with Gasteiger partial charge in [0.15, 0.2) is 0 Å². The van der Waals surface area contributed by atoms with E-state index in [2.05, 4.69) is 0 Å². The maximum Gasteiger partial charge on any atom is 0.341 e. The number of rotatable bonds is 4. The van der Waals surface area contributed by atoms with Gasteiger partial charge >= 0.3 is 11.9 Å². The molecule has 0 spiro atoms. The second-order valence-electron chi connectivity index (χ2n) is 4.08. The minimum absolute atomic E-state index is 0.131. The van der Waals surface area contributed by atoms with E-state index in [4.69, 9.17) is 14.9 Å². The van der Waals surface area contributed by atoms with E-state index in [1.807, 2.05) is 0 Å². The van der Waals surface area contributed by atoms with Crippen molar-refractivity contribution in [2.45, 2.75) is 6.54 Å². The number of benzene rings is 1. The van der Waals surface area contributed by atoms with Crippen LogP contribution in [0.2, 0.25) is 0 Å². The van der Waals surface area contributed by atoms with E-state index in [0.29, 0.717) is 11.3 Å². The fourth-order valence-corrected chi connectivity index (χ4v) is 1.93. The third-order valence-electron chi connectivity index (χ3n) is 2.82. The number of carbonyl (C=O) groups is 2. The second-order valence-corrected chi connectivity index (χ2v) is 4.08. The number of aromatic nitrogens is 1. The molecule has 2 N–H and O–H groups in total. The van der Waals surface area contributed by atoms with Gasteiger partial charge in [-0.1, -0.05) is 0 Å². The van der Waals surface area contributed by atoms with Gasteiger partial charge in [-0.15, -0.1) is 0 Å². The molecule has 0 saturated heterocycles. The minimum Gasteiger partial charge on any atom is -0.497 e. The number of pyridine rings is 1. The van der Waals surface area contributed by atoms with Gasteiger partial charge in [0.05, 0.1) is 12.6 Å².